The number of anilines is 2. The molecule has 2 aromatic heterocycles. The Morgan fingerprint density at radius 2 is 2.07 bits per heavy atom. The van der Waals surface area contributed by atoms with Crippen molar-refractivity contribution in [3.05, 3.63) is 41.4 Å². The number of guanidine groups is 1. The Hall–Kier alpha value is -1.88. The normalized spacial score (nSPS) is 14.8. The number of carbonyl (C=O) groups is 1. The lowest BCUT2D eigenvalue weighted by Crippen LogP contribution is -2.49. The number of nitrogens with zero attached hydrogens (tertiary/aromatic N) is 3. The number of nitrogens with one attached hydrogen (secondary N) is 3. The van der Waals surface area contributed by atoms with Crippen LogP contribution in [0.3, 0.4) is 0 Å². The smallest absolute Gasteiger partial charge is 0.227 e. The Bertz CT molecular complexity index is 790. The van der Waals surface area contributed by atoms with E-state index < -0.39 is 0 Å². The minimum absolute atomic E-state index is 0. The van der Waals surface area contributed by atoms with E-state index in [0.29, 0.717) is 24.8 Å². The third-order valence-electron chi connectivity index (χ3n) is 4.68. The predicted molar refractivity (Wildman–Crippen MR) is 132 cm³/mol. The van der Waals surface area contributed by atoms with Crippen LogP contribution < -0.4 is 20.9 Å². The molecule has 3 rings (SSSR count). The van der Waals surface area contributed by atoms with Gasteiger partial charge in [0.05, 0.1) is 5.00 Å². The van der Waals surface area contributed by atoms with E-state index in [2.05, 4.69) is 48.3 Å². The number of carbonyl (C=O) groups excluding carboxylic acids is 1. The maximum atomic E-state index is 12.1. The maximum Gasteiger partial charge on any atom is 0.227 e. The molecule has 0 atom stereocenters. The first-order valence-electron chi connectivity index (χ1n) is 9.63. The fourth-order valence-corrected chi connectivity index (χ4v) is 3.98. The van der Waals surface area contributed by atoms with Gasteiger partial charge in [-0.3, -0.25) is 9.79 Å². The summed E-state index contributed by atoms with van der Waals surface area (Å²) in [5.74, 6) is 1.27. The lowest BCUT2D eigenvalue weighted by molar-refractivity contribution is -0.116. The van der Waals surface area contributed by atoms with E-state index in [1.54, 1.807) is 24.5 Å². The third kappa shape index (κ3) is 7.46. The lowest BCUT2D eigenvalue weighted by Gasteiger charge is -2.33. The van der Waals surface area contributed by atoms with E-state index in [9.17, 15) is 4.79 Å². The SMILES string of the molecule is CN=C(NCCC(=O)Nc1cccc(C)n1)NC1CCN(c2cccs2)CC1.I. The molecule has 158 valence electrons. The van der Waals surface area contributed by atoms with Crippen molar-refractivity contribution in [3.63, 3.8) is 0 Å². The van der Waals surface area contributed by atoms with Gasteiger partial charge in [0.1, 0.15) is 5.82 Å². The van der Waals surface area contributed by atoms with Crippen LogP contribution in [0.1, 0.15) is 25.0 Å². The summed E-state index contributed by atoms with van der Waals surface area (Å²) in [7, 11) is 1.76. The third-order valence-corrected chi connectivity index (χ3v) is 5.61. The van der Waals surface area contributed by atoms with E-state index in [1.807, 2.05) is 19.1 Å². The van der Waals surface area contributed by atoms with Gasteiger partial charge in [-0.25, -0.2) is 4.98 Å². The number of amides is 1. The topological polar surface area (TPSA) is 81.6 Å². The van der Waals surface area contributed by atoms with E-state index in [4.69, 9.17) is 0 Å². The molecule has 3 N–H and O–H groups in total. The minimum Gasteiger partial charge on any atom is -0.363 e. The molecule has 2 aromatic rings. The number of piperidine rings is 1. The minimum atomic E-state index is -0.0645. The van der Waals surface area contributed by atoms with Gasteiger partial charge >= 0.3 is 0 Å². The van der Waals surface area contributed by atoms with Crippen molar-refractivity contribution in [2.24, 2.45) is 4.99 Å². The zero-order valence-electron chi connectivity index (χ0n) is 16.9. The highest BCUT2D eigenvalue weighted by Gasteiger charge is 2.20. The van der Waals surface area contributed by atoms with Gasteiger partial charge in [-0.2, -0.15) is 0 Å². The number of aliphatic imine (C=N–C) groups is 1. The first kappa shape index (κ1) is 23.4. The van der Waals surface area contributed by atoms with Crippen molar-refractivity contribution >= 4 is 58.0 Å². The number of halogens is 1. The largest absolute Gasteiger partial charge is 0.363 e. The Morgan fingerprint density at radius 3 is 2.72 bits per heavy atom. The standard InChI is InChI=1S/C20H28N6OS.HI/c1-15-5-3-6-17(23-15)25-18(27)8-11-22-20(21-2)24-16-9-12-26(13-10-16)19-7-4-14-28-19;/h3-7,14,16H,8-13H2,1-2H3,(H2,21,22,24)(H,23,25,27);1H. The first-order valence-corrected chi connectivity index (χ1v) is 10.5. The average molecular weight is 528 g/mol. The van der Waals surface area contributed by atoms with E-state index in [1.165, 1.54) is 5.00 Å². The number of aromatic nitrogens is 1. The quantitative estimate of drug-likeness (QED) is 0.305. The Balaban J connectivity index is 0.00000300. The van der Waals surface area contributed by atoms with Crippen LogP contribution in [0.15, 0.2) is 40.7 Å². The fraction of sp³-hybridized carbons (Fsp3) is 0.450. The highest BCUT2D eigenvalue weighted by molar-refractivity contribution is 14.0. The Morgan fingerprint density at radius 1 is 1.28 bits per heavy atom. The lowest BCUT2D eigenvalue weighted by atomic mass is 10.1. The van der Waals surface area contributed by atoms with E-state index in [0.717, 1.165) is 37.6 Å². The predicted octanol–water partition coefficient (Wildman–Crippen LogP) is 3.23. The van der Waals surface area contributed by atoms with E-state index in [-0.39, 0.29) is 29.9 Å². The van der Waals surface area contributed by atoms with Crippen LogP contribution in [-0.4, -0.2) is 49.6 Å². The van der Waals surface area contributed by atoms with Gasteiger partial charge in [0, 0.05) is 44.8 Å². The number of thiophene rings is 1. The molecule has 0 unspecified atom stereocenters. The number of hydrogen-bond acceptors (Lipinski definition) is 5. The van der Waals surface area contributed by atoms with E-state index >= 15 is 0 Å². The van der Waals surface area contributed by atoms with Crippen LogP contribution in [0.2, 0.25) is 0 Å². The van der Waals surface area contributed by atoms with Crippen LogP contribution in [0, 0.1) is 6.92 Å². The van der Waals surface area contributed by atoms with Gasteiger partial charge in [0.15, 0.2) is 5.96 Å². The molecule has 1 saturated heterocycles. The summed E-state index contributed by atoms with van der Waals surface area (Å²) in [5.41, 5.74) is 0.880. The molecule has 1 aliphatic heterocycles. The molecule has 0 aromatic carbocycles. The van der Waals surface area contributed by atoms with Gasteiger partial charge < -0.3 is 20.9 Å². The molecule has 1 amide bonds. The van der Waals surface area contributed by atoms with Gasteiger partial charge in [0.2, 0.25) is 5.91 Å². The van der Waals surface area contributed by atoms with Gasteiger partial charge in [-0.15, -0.1) is 35.3 Å². The Kier molecular flexibility index (Phi) is 9.65. The van der Waals surface area contributed by atoms with Gasteiger partial charge in [-0.05, 0) is 49.4 Å². The summed E-state index contributed by atoms with van der Waals surface area (Å²) in [5, 5.41) is 13.0. The molecular formula is C20H29IN6OS. The molecule has 7 nitrogen and oxygen atoms in total. The molecular weight excluding hydrogens is 499 g/mol. The van der Waals surface area contributed by atoms with Crippen LogP contribution in [-0.2, 0) is 4.79 Å². The molecule has 0 spiro atoms. The molecule has 0 radical (unpaired) electrons. The van der Waals surface area contributed by atoms with Crippen molar-refractivity contribution in [2.75, 3.05) is 36.9 Å². The van der Waals surface area contributed by atoms with Crippen molar-refractivity contribution in [1.82, 2.24) is 15.6 Å². The second-order valence-electron chi connectivity index (χ2n) is 6.82. The van der Waals surface area contributed by atoms with Crippen LogP contribution >= 0.6 is 35.3 Å². The summed E-state index contributed by atoms with van der Waals surface area (Å²) in [6.45, 7) is 4.51. The molecule has 0 aliphatic carbocycles. The van der Waals surface area contributed by atoms with Gasteiger partial charge in [0.25, 0.3) is 0 Å². The average Bonchev–Trinajstić information content (AvgIpc) is 3.22. The van der Waals surface area contributed by atoms with Crippen LogP contribution in [0.5, 0.6) is 0 Å². The highest BCUT2D eigenvalue weighted by atomic mass is 127. The van der Waals surface area contributed by atoms with Crippen molar-refractivity contribution in [1.29, 1.82) is 0 Å². The van der Waals surface area contributed by atoms with Crippen LogP contribution in [0.4, 0.5) is 10.8 Å². The van der Waals surface area contributed by atoms with Gasteiger partial charge in [-0.1, -0.05) is 6.07 Å². The summed E-state index contributed by atoms with van der Waals surface area (Å²) in [4.78, 5) is 23.1. The second-order valence-corrected chi connectivity index (χ2v) is 7.74. The molecule has 0 bridgehead atoms. The molecule has 0 saturated carbocycles. The number of pyridine rings is 1. The summed E-state index contributed by atoms with van der Waals surface area (Å²) >= 11 is 1.79. The van der Waals surface area contributed by atoms with Crippen molar-refractivity contribution < 1.29 is 4.79 Å². The zero-order valence-corrected chi connectivity index (χ0v) is 20.0. The zero-order chi connectivity index (χ0) is 19.8. The molecule has 29 heavy (non-hydrogen) atoms. The van der Waals surface area contributed by atoms with Crippen LogP contribution in [0.25, 0.3) is 0 Å². The first-order chi connectivity index (χ1) is 13.6. The summed E-state index contributed by atoms with van der Waals surface area (Å²) in [6, 6.07) is 10.2. The molecule has 1 aliphatic rings. The summed E-state index contributed by atoms with van der Waals surface area (Å²) < 4.78 is 0. The van der Waals surface area contributed by atoms with Crippen molar-refractivity contribution in [2.45, 2.75) is 32.2 Å². The maximum absolute atomic E-state index is 12.1. The number of aryl methyl sites for hydroxylation is 1. The second kappa shape index (κ2) is 12.0. The monoisotopic (exact) mass is 528 g/mol. The fourth-order valence-electron chi connectivity index (χ4n) is 3.19. The molecule has 1 fully saturated rings. The number of hydrogen-bond donors (Lipinski definition) is 3. The Labute approximate surface area is 193 Å². The highest BCUT2D eigenvalue weighted by Crippen LogP contribution is 2.24. The molecule has 3 heterocycles. The number of rotatable bonds is 6. The summed E-state index contributed by atoms with van der Waals surface area (Å²) in [6.07, 6.45) is 2.49. The molecule has 9 heteroatoms. The van der Waals surface area contributed by atoms with Crippen molar-refractivity contribution in [3.8, 4) is 0 Å².